The van der Waals surface area contributed by atoms with Gasteiger partial charge >= 0.3 is 0 Å². The van der Waals surface area contributed by atoms with E-state index in [0.717, 1.165) is 11.1 Å². The van der Waals surface area contributed by atoms with Crippen LogP contribution in [0.2, 0.25) is 0 Å². The van der Waals surface area contributed by atoms with Crippen LogP contribution in [0.1, 0.15) is 16.7 Å². The van der Waals surface area contributed by atoms with Gasteiger partial charge in [-0.3, -0.25) is 4.79 Å². The van der Waals surface area contributed by atoms with E-state index in [-0.39, 0.29) is 5.78 Å². The van der Waals surface area contributed by atoms with Crippen LogP contribution in [0.15, 0.2) is 54.6 Å². The van der Waals surface area contributed by atoms with Crippen molar-refractivity contribution >= 4 is 5.78 Å². The molecule has 0 aliphatic carbocycles. The van der Waals surface area contributed by atoms with Crippen LogP contribution in [0.4, 0.5) is 0 Å². The molecule has 0 heterocycles. The van der Waals surface area contributed by atoms with Crippen molar-refractivity contribution in [1.82, 2.24) is 0 Å². The molecule has 0 fully saturated rings. The summed E-state index contributed by atoms with van der Waals surface area (Å²) in [5, 5.41) is 0. The molecule has 2 N–H and O–H groups in total. The molecular formula is C17H19NO. The monoisotopic (exact) mass is 253 g/mol. The highest BCUT2D eigenvalue weighted by molar-refractivity contribution is 5.86. The van der Waals surface area contributed by atoms with Gasteiger partial charge in [0.15, 0.2) is 5.78 Å². The lowest BCUT2D eigenvalue weighted by molar-refractivity contribution is -0.119. The Kier molecular flexibility index (Phi) is 4.48. The maximum atomic E-state index is 12.1. The van der Waals surface area contributed by atoms with E-state index in [4.69, 9.17) is 5.73 Å². The first-order valence-electron chi connectivity index (χ1n) is 6.53. The lowest BCUT2D eigenvalue weighted by Crippen LogP contribution is -2.33. The van der Waals surface area contributed by atoms with Gasteiger partial charge in [0, 0.05) is 6.42 Å². The van der Waals surface area contributed by atoms with Crippen molar-refractivity contribution in [2.45, 2.75) is 25.8 Å². The van der Waals surface area contributed by atoms with Gasteiger partial charge in [-0.25, -0.2) is 0 Å². The average molecular weight is 253 g/mol. The van der Waals surface area contributed by atoms with Crippen LogP contribution in [0.3, 0.4) is 0 Å². The summed E-state index contributed by atoms with van der Waals surface area (Å²) in [5.41, 5.74) is 9.31. The topological polar surface area (TPSA) is 43.1 Å². The Hall–Kier alpha value is -1.93. The van der Waals surface area contributed by atoms with Gasteiger partial charge in [0.2, 0.25) is 0 Å². The maximum absolute atomic E-state index is 12.1. The third-order valence-electron chi connectivity index (χ3n) is 3.21. The van der Waals surface area contributed by atoms with Gasteiger partial charge in [0.1, 0.15) is 0 Å². The molecule has 0 aliphatic rings. The number of hydrogen-bond acceptors (Lipinski definition) is 2. The fourth-order valence-corrected chi connectivity index (χ4v) is 2.02. The zero-order chi connectivity index (χ0) is 13.7. The van der Waals surface area contributed by atoms with Gasteiger partial charge < -0.3 is 5.73 Å². The molecule has 0 saturated carbocycles. The van der Waals surface area contributed by atoms with E-state index in [2.05, 4.69) is 0 Å². The predicted molar refractivity (Wildman–Crippen MR) is 78.0 cm³/mol. The molecule has 0 aliphatic heterocycles. The average Bonchev–Trinajstić information content (AvgIpc) is 2.42. The van der Waals surface area contributed by atoms with Crippen LogP contribution in [0, 0.1) is 6.92 Å². The third-order valence-corrected chi connectivity index (χ3v) is 3.21. The van der Waals surface area contributed by atoms with E-state index in [0.29, 0.717) is 12.8 Å². The van der Waals surface area contributed by atoms with Crippen LogP contribution >= 0.6 is 0 Å². The first-order chi connectivity index (χ1) is 9.15. The molecule has 19 heavy (non-hydrogen) atoms. The molecule has 0 radical (unpaired) electrons. The van der Waals surface area contributed by atoms with Gasteiger partial charge in [-0.15, -0.1) is 0 Å². The number of aryl methyl sites for hydroxylation is 1. The zero-order valence-corrected chi connectivity index (χ0v) is 11.2. The number of rotatable bonds is 5. The second kappa shape index (κ2) is 6.30. The third kappa shape index (κ3) is 4.04. The number of carbonyl (C=O) groups excluding carboxylic acids is 1. The van der Waals surface area contributed by atoms with E-state index in [9.17, 15) is 4.79 Å². The molecule has 0 spiro atoms. The Morgan fingerprint density at radius 1 is 1.00 bits per heavy atom. The number of nitrogens with two attached hydrogens (primary N) is 1. The summed E-state index contributed by atoms with van der Waals surface area (Å²) >= 11 is 0. The Balaban J connectivity index is 1.94. The van der Waals surface area contributed by atoms with Crippen molar-refractivity contribution < 1.29 is 4.79 Å². The number of benzene rings is 2. The largest absolute Gasteiger partial charge is 0.321 e. The van der Waals surface area contributed by atoms with Gasteiger partial charge in [0.25, 0.3) is 0 Å². The van der Waals surface area contributed by atoms with Crippen molar-refractivity contribution in [3.8, 4) is 0 Å². The summed E-state index contributed by atoms with van der Waals surface area (Å²) in [6.45, 7) is 2.03. The van der Waals surface area contributed by atoms with Gasteiger partial charge in [-0.2, -0.15) is 0 Å². The number of carbonyl (C=O) groups is 1. The van der Waals surface area contributed by atoms with Gasteiger partial charge in [-0.1, -0.05) is 60.2 Å². The standard InChI is InChI=1S/C17H19NO/c1-13-7-9-15(10-8-13)12-17(19)16(18)11-14-5-3-2-4-6-14/h2-10,16H,11-12,18H2,1H3. The molecule has 2 rings (SSSR count). The zero-order valence-electron chi connectivity index (χ0n) is 11.2. The van der Waals surface area contributed by atoms with E-state index in [1.165, 1.54) is 5.56 Å². The molecule has 98 valence electrons. The predicted octanol–water partition coefficient (Wildman–Crippen LogP) is 2.68. The minimum Gasteiger partial charge on any atom is -0.321 e. The van der Waals surface area contributed by atoms with Gasteiger partial charge in [0.05, 0.1) is 6.04 Å². The van der Waals surface area contributed by atoms with Crippen LogP contribution in [-0.2, 0) is 17.6 Å². The lowest BCUT2D eigenvalue weighted by Gasteiger charge is -2.10. The number of ketones is 1. The van der Waals surface area contributed by atoms with Crippen molar-refractivity contribution in [1.29, 1.82) is 0 Å². The SMILES string of the molecule is Cc1ccc(CC(=O)C(N)Cc2ccccc2)cc1. The van der Waals surface area contributed by atoms with E-state index in [1.807, 2.05) is 61.5 Å². The molecule has 0 aromatic heterocycles. The Morgan fingerprint density at radius 3 is 2.26 bits per heavy atom. The van der Waals surface area contributed by atoms with Crippen molar-refractivity contribution in [2.75, 3.05) is 0 Å². The molecule has 2 aromatic carbocycles. The molecule has 2 aromatic rings. The van der Waals surface area contributed by atoms with E-state index in [1.54, 1.807) is 0 Å². The van der Waals surface area contributed by atoms with Gasteiger partial charge in [-0.05, 0) is 24.5 Å². The highest BCUT2D eigenvalue weighted by atomic mass is 16.1. The fraction of sp³-hybridized carbons (Fsp3) is 0.235. The number of hydrogen-bond donors (Lipinski definition) is 1. The van der Waals surface area contributed by atoms with Crippen LogP contribution in [0.25, 0.3) is 0 Å². The second-order valence-electron chi connectivity index (χ2n) is 4.92. The van der Waals surface area contributed by atoms with Crippen molar-refractivity contribution in [3.05, 3.63) is 71.3 Å². The molecule has 1 unspecified atom stereocenters. The Labute approximate surface area is 114 Å². The first kappa shape index (κ1) is 13.5. The molecule has 2 nitrogen and oxygen atoms in total. The number of Topliss-reactive ketones (excluding diaryl/α,β-unsaturated/α-hetero) is 1. The molecule has 0 saturated heterocycles. The maximum Gasteiger partial charge on any atom is 0.154 e. The molecule has 2 heteroatoms. The first-order valence-corrected chi connectivity index (χ1v) is 6.53. The quantitative estimate of drug-likeness (QED) is 0.890. The van der Waals surface area contributed by atoms with Crippen molar-refractivity contribution in [3.63, 3.8) is 0 Å². The highest BCUT2D eigenvalue weighted by Crippen LogP contribution is 2.08. The van der Waals surface area contributed by atoms with E-state index < -0.39 is 6.04 Å². The van der Waals surface area contributed by atoms with Crippen LogP contribution in [-0.4, -0.2) is 11.8 Å². The Bertz CT molecular complexity index is 531. The molecular weight excluding hydrogens is 234 g/mol. The fourth-order valence-electron chi connectivity index (χ4n) is 2.02. The summed E-state index contributed by atoms with van der Waals surface area (Å²) in [6.07, 6.45) is 1.01. The van der Waals surface area contributed by atoms with Crippen LogP contribution < -0.4 is 5.73 Å². The normalized spacial score (nSPS) is 12.1. The highest BCUT2D eigenvalue weighted by Gasteiger charge is 2.14. The van der Waals surface area contributed by atoms with Crippen LogP contribution in [0.5, 0.6) is 0 Å². The summed E-state index contributed by atoms with van der Waals surface area (Å²) in [4.78, 5) is 12.1. The van der Waals surface area contributed by atoms with Crippen molar-refractivity contribution in [2.24, 2.45) is 5.73 Å². The smallest absolute Gasteiger partial charge is 0.154 e. The summed E-state index contributed by atoms with van der Waals surface area (Å²) in [5.74, 6) is 0.0905. The molecule has 0 amide bonds. The molecule has 0 bridgehead atoms. The lowest BCUT2D eigenvalue weighted by atomic mass is 9.98. The minimum atomic E-state index is -0.427. The van der Waals surface area contributed by atoms with E-state index >= 15 is 0 Å². The second-order valence-corrected chi connectivity index (χ2v) is 4.92. The Morgan fingerprint density at radius 2 is 1.63 bits per heavy atom. The summed E-state index contributed by atoms with van der Waals surface area (Å²) in [6, 6.07) is 17.5. The molecule has 1 atom stereocenters. The summed E-state index contributed by atoms with van der Waals surface area (Å²) in [7, 11) is 0. The summed E-state index contributed by atoms with van der Waals surface area (Å²) < 4.78 is 0. The minimum absolute atomic E-state index is 0.0905.